The number of carboxylic acids is 1. The molecular weight excluding hydrogens is 307 g/mol. The van der Waals surface area contributed by atoms with Crippen molar-refractivity contribution in [3.8, 4) is 5.75 Å². The summed E-state index contributed by atoms with van der Waals surface area (Å²) >= 11 is 2.76. The molecule has 1 atom stereocenters. The largest absolute Gasteiger partial charge is 0.506 e. The fraction of sp³-hybridized carbons (Fsp3) is 0.222. The van der Waals surface area contributed by atoms with Gasteiger partial charge in [-0.25, -0.2) is 4.79 Å². The van der Waals surface area contributed by atoms with Gasteiger partial charge in [-0.15, -0.1) is 0 Å². The number of halogens is 4. The molecule has 0 bridgehead atoms. The van der Waals surface area contributed by atoms with E-state index in [0.29, 0.717) is 6.07 Å². The van der Waals surface area contributed by atoms with E-state index < -0.39 is 35.1 Å². The second-order valence-electron chi connectivity index (χ2n) is 3.22. The first-order chi connectivity index (χ1) is 7.64. The van der Waals surface area contributed by atoms with Crippen molar-refractivity contribution in [1.82, 2.24) is 0 Å². The Morgan fingerprint density at radius 2 is 1.94 bits per heavy atom. The SMILES string of the molecule is N[C@@H](c1cc(C(=O)O)cc(Br)c1O)C(F)(F)F. The number of aromatic hydroxyl groups is 1. The molecule has 0 aliphatic carbocycles. The first kappa shape index (κ1) is 13.8. The molecule has 4 N–H and O–H groups in total. The van der Waals surface area contributed by atoms with Crippen LogP contribution >= 0.6 is 15.9 Å². The number of hydrogen-bond acceptors (Lipinski definition) is 3. The van der Waals surface area contributed by atoms with Crippen LogP contribution in [-0.4, -0.2) is 22.4 Å². The summed E-state index contributed by atoms with van der Waals surface area (Å²) in [4.78, 5) is 10.7. The third kappa shape index (κ3) is 2.89. The number of hydrogen-bond donors (Lipinski definition) is 3. The van der Waals surface area contributed by atoms with Crippen LogP contribution in [0, 0.1) is 0 Å². The number of benzene rings is 1. The first-order valence-electron chi connectivity index (χ1n) is 4.22. The molecule has 94 valence electrons. The highest BCUT2D eigenvalue weighted by molar-refractivity contribution is 9.10. The van der Waals surface area contributed by atoms with E-state index in [9.17, 15) is 23.1 Å². The van der Waals surface area contributed by atoms with Gasteiger partial charge in [0.2, 0.25) is 0 Å². The number of carboxylic acid groups (broad SMARTS) is 1. The Morgan fingerprint density at radius 3 is 2.35 bits per heavy atom. The molecule has 0 fully saturated rings. The van der Waals surface area contributed by atoms with Gasteiger partial charge in [0.1, 0.15) is 11.8 Å². The van der Waals surface area contributed by atoms with Crippen LogP contribution in [0.25, 0.3) is 0 Å². The van der Waals surface area contributed by atoms with Crippen LogP contribution in [-0.2, 0) is 0 Å². The molecule has 0 heterocycles. The molecule has 0 saturated heterocycles. The van der Waals surface area contributed by atoms with E-state index in [1.165, 1.54) is 0 Å². The molecule has 8 heteroatoms. The molecule has 0 amide bonds. The highest BCUT2D eigenvalue weighted by Gasteiger charge is 2.40. The van der Waals surface area contributed by atoms with E-state index in [1.807, 2.05) is 0 Å². The minimum absolute atomic E-state index is 0.160. The zero-order valence-corrected chi connectivity index (χ0v) is 9.71. The maximum absolute atomic E-state index is 12.4. The third-order valence-electron chi connectivity index (χ3n) is 2.03. The topological polar surface area (TPSA) is 83.6 Å². The number of rotatable bonds is 2. The molecule has 0 saturated carbocycles. The second-order valence-corrected chi connectivity index (χ2v) is 4.07. The number of phenols is 1. The standard InChI is InChI=1S/C9H7BrF3NO3/c10-5-2-3(8(16)17)1-4(6(5)15)7(14)9(11,12)13/h1-2,7,15H,14H2,(H,16,17)/t7-/m0/s1. The van der Waals surface area contributed by atoms with Crippen molar-refractivity contribution in [2.45, 2.75) is 12.2 Å². The van der Waals surface area contributed by atoms with Crippen molar-refractivity contribution in [2.75, 3.05) is 0 Å². The molecule has 0 spiro atoms. The third-order valence-corrected chi connectivity index (χ3v) is 2.63. The highest BCUT2D eigenvalue weighted by atomic mass is 79.9. The lowest BCUT2D eigenvalue weighted by molar-refractivity contribution is -0.149. The Labute approximate surface area is 102 Å². The van der Waals surface area contributed by atoms with Gasteiger partial charge in [0.25, 0.3) is 0 Å². The van der Waals surface area contributed by atoms with Gasteiger partial charge in [-0.3, -0.25) is 0 Å². The van der Waals surface area contributed by atoms with Crippen molar-refractivity contribution in [3.05, 3.63) is 27.7 Å². The summed E-state index contributed by atoms with van der Waals surface area (Å²) in [7, 11) is 0. The molecule has 1 aromatic carbocycles. The van der Waals surface area contributed by atoms with Crippen molar-refractivity contribution in [1.29, 1.82) is 0 Å². The van der Waals surface area contributed by atoms with E-state index in [1.54, 1.807) is 0 Å². The zero-order valence-electron chi connectivity index (χ0n) is 8.12. The van der Waals surface area contributed by atoms with Crippen LogP contribution in [0.3, 0.4) is 0 Å². The number of aromatic carboxylic acids is 1. The minimum atomic E-state index is -4.77. The zero-order chi connectivity index (χ0) is 13.4. The van der Waals surface area contributed by atoms with Crippen LogP contribution in [0.1, 0.15) is 22.0 Å². The van der Waals surface area contributed by atoms with E-state index >= 15 is 0 Å². The van der Waals surface area contributed by atoms with Crippen molar-refractivity contribution >= 4 is 21.9 Å². The molecule has 0 aliphatic rings. The van der Waals surface area contributed by atoms with E-state index in [2.05, 4.69) is 15.9 Å². The van der Waals surface area contributed by atoms with Gasteiger partial charge in [0.05, 0.1) is 10.0 Å². The summed E-state index contributed by atoms with van der Waals surface area (Å²) in [6.07, 6.45) is -4.77. The van der Waals surface area contributed by atoms with Crippen molar-refractivity contribution in [2.24, 2.45) is 5.73 Å². The van der Waals surface area contributed by atoms with Gasteiger partial charge < -0.3 is 15.9 Å². The monoisotopic (exact) mass is 313 g/mol. The number of alkyl halides is 3. The predicted octanol–water partition coefficient (Wildman–Crippen LogP) is 2.42. The summed E-state index contributed by atoms with van der Waals surface area (Å²) in [5, 5.41) is 18.1. The summed E-state index contributed by atoms with van der Waals surface area (Å²) in [6, 6.07) is -0.761. The second kappa shape index (κ2) is 4.53. The Balaban J connectivity index is 3.37. The van der Waals surface area contributed by atoms with E-state index in [-0.39, 0.29) is 4.47 Å². The summed E-state index contributed by atoms with van der Waals surface area (Å²) < 4.78 is 37.0. The summed E-state index contributed by atoms with van der Waals surface area (Å²) in [5.41, 5.74) is 3.82. The number of phenolic OH excluding ortho intramolecular Hbond substituents is 1. The Bertz CT molecular complexity index is 462. The Hall–Kier alpha value is -1.28. The van der Waals surface area contributed by atoms with Gasteiger partial charge in [0.15, 0.2) is 0 Å². The molecule has 0 unspecified atom stereocenters. The van der Waals surface area contributed by atoms with Gasteiger partial charge in [-0.05, 0) is 28.1 Å². The van der Waals surface area contributed by atoms with Crippen LogP contribution in [0.4, 0.5) is 13.2 Å². The molecular formula is C9H7BrF3NO3. The number of nitrogens with two attached hydrogens (primary N) is 1. The molecule has 0 aliphatic heterocycles. The van der Waals surface area contributed by atoms with E-state index in [4.69, 9.17) is 10.8 Å². The fourth-order valence-electron chi connectivity index (χ4n) is 1.16. The Kier molecular flexibility index (Phi) is 3.68. The summed E-state index contributed by atoms with van der Waals surface area (Å²) in [5.74, 6) is -2.14. The van der Waals surface area contributed by atoms with Crippen molar-refractivity contribution < 1.29 is 28.2 Å². The van der Waals surface area contributed by atoms with Gasteiger partial charge in [0, 0.05) is 5.56 Å². The molecule has 0 aromatic heterocycles. The fourth-order valence-corrected chi connectivity index (χ4v) is 1.63. The quantitative estimate of drug-likeness (QED) is 0.783. The Morgan fingerprint density at radius 1 is 1.41 bits per heavy atom. The smallest absolute Gasteiger partial charge is 0.407 e. The lowest BCUT2D eigenvalue weighted by Crippen LogP contribution is -2.28. The lowest BCUT2D eigenvalue weighted by Gasteiger charge is -2.18. The van der Waals surface area contributed by atoms with Crippen LogP contribution in [0.2, 0.25) is 0 Å². The minimum Gasteiger partial charge on any atom is -0.506 e. The summed E-state index contributed by atoms with van der Waals surface area (Å²) in [6.45, 7) is 0. The average Bonchev–Trinajstić information content (AvgIpc) is 2.19. The van der Waals surface area contributed by atoms with Crippen molar-refractivity contribution in [3.63, 3.8) is 0 Å². The lowest BCUT2D eigenvalue weighted by atomic mass is 10.0. The van der Waals surface area contributed by atoms with Crippen LogP contribution in [0.5, 0.6) is 5.75 Å². The molecule has 1 aromatic rings. The highest BCUT2D eigenvalue weighted by Crippen LogP contribution is 2.39. The van der Waals surface area contributed by atoms with Gasteiger partial charge in [-0.2, -0.15) is 13.2 Å². The van der Waals surface area contributed by atoms with Gasteiger partial charge in [-0.1, -0.05) is 0 Å². The predicted molar refractivity (Wildman–Crippen MR) is 55.7 cm³/mol. The van der Waals surface area contributed by atoms with Crippen LogP contribution < -0.4 is 5.73 Å². The maximum atomic E-state index is 12.4. The molecule has 4 nitrogen and oxygen atoms in total. The maximum Gasteiger partial charge on any atom is 0.407 e. The number of carbonyl (C=O) groups is 1. The van der Waals surface area contributed by atoms with E-state index in [0.717, 1.165) is 6.07 Å². The van der Waals surface area contributed by atoms with Crippen LogP contribution in [0.15, 0.2) is 16.6 Å². The molecule has 17 heavy (non-hydrogen) atoms. The average molecular weight is 314 g/mol. The van der Waals surface area contributed by atoms with Gasteiger partial charge >= 0.3 is 12.1 Å². The molecule has 0 radical (unpaired) electrons. The normalized spacial score (nSPS) is 13.5. The molecule has 1 rings (SSSR count). The first-order valence-corrected chi connectivity index (χ1v) is 5.02.